The lowest BCUT2D eigenvalue weighted by Crippen LogP contribution is -2.42. The molecule has 1 heterocycles. The van der Waals surface area contributed by atoms with Crippen molar-refractivity contribution >= 4 is 5.97 Å². The Balaban J connectivity index is 2.43. The van der Waals surface area contributed by atoms with Crippen LogP contribution in [0.25, 0.3) is 0 Å². The van der Waals surface area contributed by atoms with E-state index in [2.05, 4.69) is 31.0 Å². The molecule has 1 fully saturated rings. The summed E-state index contributed by atoms with van der Waals surface area (Å²) in [6.07, 6.45) is 4.46. The van der Waals surface area contributed by atoms with Crippen LogP contribution in [0.5, 0.6) is 0 Å². The van der Waals surface area contributed by atoms with Gasteiger partial charge in [-0.15, -0.1) is 0 Å². The van der Waals surface area contributed by atoms with Gasteiger partial charge in [0.25, 0.3) is 0 Å². The first-order valence-corrected chi connectivity index (χ1v) is 7.65. The van der Waals surface area contributed by atoms with Gasteiger partial charge >= 0.3 is 5.97 Å². The van der Waals surface area contributed by atoms with Gasteiger partial charge in [-0.3, -0.25) is 4.79 Å². The molecular formula is C15H30N2O2. The molecule has 0 radical (unpaired) electrons. The average Bonchev–Trinajstić information content (AvgIpc) is 2.86. The topological polar surface area (TPSA) is 41.6 Å². The number of hydrogen-bond acceptors (Lipinski definition) is 4. The van der Waals surface area contributed by atoms with Gasteiger partial charge in [-0.25, -0.2) is 0 Å². The van der Waals surface area contributed by atoms with E-state index in [0.29, 0.717) is 12.0 Å². The van der Waals surface area contributed by atoms with Crippen LogP contribution in [-0.2, 0) is 9.53 Å². The molecular weight excluding hydrogens is 240 g/mol. The highest BCUT2D eigenvalue weighted by molar-refractivity contribution is 5.75. The standard InChI is InChI=1S/C15H30N2O2/c1-5-9-16-13(15(18)19-4)8-11-17-10-6-7-14(17)12(2)3/h12-14,16H,5-11H2,1-4H3. The molecule has 0 aromatic heterocycles. The molecule has 4 heteroatoms. The van der Waals surface area contributed by atoms with Gasteiger partial charge in [0.2, 0.25) is 0 Å². The Hall–Kier alpha value is -0.610. The van der Waals surface area contributed by atoms with E-state index in [1.165, 1.54) is 26.5 Å². The minimum absolute atomic E-state index is 0.131. The summed E-state index contributed by atoms with van der Waals surface area (Å²) < 4.78 is 4.88. The third-order valence-corrected chi connectivity index (χ3v) is 4.02. The highest BCUT2D eigenvalue weighted by atomic mass is 16.5. The Kier molecular flexibility index (Phi) is 7.39. The number of methoxy groups -OCH3 is 1. The Morgan fingerprint density at radius 1 is 1.47 bits per heavy atom. The number of esters is 1. The summed E-state index contributed by atoms with van der Waals surface area (Å²) in [5, 5.41) is 3.29. The molecule has 1 aliphatic rings. The van der Waals surface area contributed by atoms with Gasteiger partial charge in [0.1, 0.15) is 6.04 Å². The second-order valence-corrected chi connectivity index (χ2v) is 5.81. The fourth-order valence-electron chi connectivity index (χ4n) is 2.94. The fourth-order valence-corrected chi connectivity index (χ4v) is 2.94. The van der Waals surface area contributed by atoms with E-state index in [1.54, 1.807) is 0 Å². The second-order valence-electron chi connectivity index (χ2n) is 5.81. The summed E-state index contributed by atoms with van der Waals surface area (Å²) in [6.45, 7) is 9.71. The maximum Gasteiger partial charge on any atom is 0.322 e. The zero-order chi connectivity index (χ0) is 14.3. The fraction of sp³-hybridized carbons (Fsp3) is 0.933. The first-order chi connectivity index (χ1) is 9.10. The van der Waals surface area contributed by atoms with Gasteiger partial charge in [-0.2, -0.15) is 0 Å². The zero-order valence-corrected chi connectivity index (χ0v) is 12.9. The van der Waals surface area contributed by atoms with Crippen molar-refractivity contribution in [1.82, 2.24) is 10.2 Å². The number of carbonyl (C=O) groups is 1. The van der Waals surface area contributed by atoms with Crippen molar-refractivity contribution in [3.8, 4) is 0 Å². The number of hydrogen-bond donors (Lipinski definition) is 1. The molecule has 19 heavy (non-hydrogen) atoms. The maximum atomic E-state index is 11.7. The lowest BCUT2D eigenvalue weighted by atomic mass is 10.0. The van der Waals surface area contributed by atoms with Crippen LogP contribution in [0.2, 0.25) is 0 Å². The van der Waals surface area contributed by atoms with E-state index in [4.69, 9.17) is 4.74 Å². The number of rotatable bonds is 8. The molecule has 2 atom stereocenters. The molecule has 1 rings (SSSR count). The Bertz CT molecular complexity index is 269. The van der Waals surface area contributed by atoms with Gasteiger partial charge in [0.05, 0.1) is 7.11 Å². The molecule has 2 unspecified atom stereocenters. The van der Waals surface area contributed by atoms with Crippen LogP contribution in [0.1, 0.15) is 46.5 Å². The zero-order valence-electron chi connectivity index (χ0n) is 12.9. The second kappa shape index (κ2) is 8.54. The predicted octanol–water partition coefficient (Wildman–Crippen LogP) is 2.04. The highest BCUT2D eigenvalue weighted by Gasteiger charge is 2.28. The summed E-state index contributed by atoms with van der Waals surface area (Å²) in [6, 6.07) is 0.530. The smallest absolute Gasteiger partial charge is 0.322 e. The third kappa shape index (κ3) is 5.11. The number of nitrogens with zero attached hydrogens (tertiary/aromatic N) is 1. The van der Waals surface area contributed by atoms with E-state index in [0.717, 1.165) is 25.9 Å². The van der Waals surface area contributed by atoms with Crippen LogP contribution in [0, 0.1) is 5.92 Å². The van der Waals surface area contributed by atoms with E-state index in [9.17, 15) is 4.79 Å². The van der Waals surface area contributed by atoms with Crippen molar-refractivity contribution in [3.63, 3.8) is 0 Å². The molecule has 1 N–H and O–H groups in total. The van der Waals surface area contributed by atoms with E-state index >= 15 is 0 Å². The van der Waals surface area contributed by atoms with Crippen molar-refractivity contribution in [3.05, 3.63) is 0 Å². The summed E-state index contributed by atoms with van der Waals surface area (Å²) in [5.41, 5.74) is 0. The van der Waals surface area contributed by atoms with Crippen LogP contribution in [0.15, 0.2) is 0 Å². The molecule has 4 nitrogen and oxygen atoms in total. The lowest BCUT2D eigenvalue weighted by Gasteiger charge is -2.28. The molecule has 1 aliphatic heterocycles. The lowest BCUT2D eigenvalue weighted by molar-refractivity contribution is -0.143. The summed E-state index contributed by atoms with van der Waals surface area (Å²) >= 11 is 0. The van der Waals surface area contributed by atoms with Gasteiger partial charge in [0, 0.05) is 12.6 Å². The van der Waals surface area contributed by atoms with Crippen molar-refractivity contribution in [2.45, 2.75) is 58.5 Å². The predicted molar refractivity (Wildman–Crippen MR) is 78.1 cm³/mol. The van der Waals surface area contributed by atoms with Crippen LogP contribution in [0.3, 0.4) is 0 Å². The van der Waals surface area contributed by atoms with Crippen molar-refractivity contribution in [1.29, 1.82) is 0 Å². The quantitative estimate of drug-likeness (QED) is 0.685. The van der Waals surface area contributed by atoms with Crippen LogP contribution in [-0.4, -0.2) is 49.7 Å². The molecule has 0 amide bonds. The van der Waals surface area contributed by atoms with Gasteiger partial charge < -0.3 is 15.0 Å². The molecule has 0 bridgehead atoms. The van der Waals surface area contributed by atoms with Crippen molar-refractivity contribution in [2.24, 2.45) is 5.92 Å². The number of ether oxygens (including phenoxy) is 1. The molecule has 0 aromatic carbocycles. The van der Waals surface area contributed by atoms with Crippen molar-refractivity contribution < 1.29 is 9.53 Å². The minimum atomic E-state index is -0.154. The summed E-state index contributed by atoms with van der Waals surface area (Å²) in [4.78, 5) is 14.3. The molecule has 112 valence electrons. The Labute approximate surface area is 117 Å². The van der Waals surface area contributed by atoms with Gasteiger partial charge in [-0.05, 0) is 44.7 Å². The Morgan fingerprint density at radius 3 is 2.79 bits per heavy atom. The van der Waals surface area contributed by atoms with Crippen molar-refractivity contribution in [2.75, 3.05) is 26.7 Å². The number of carbonyl (C=O) groups excluding carboxylic acids is 1. The van der Waals surface area contributed by atoms with E-state index in [-0.39, 0.29) is 12.0 Å². The number of nitrogens with one attached hydrogen (secondary N) is 1. The SMILES string of the molecule is CCCNC(CCN1CCCC1C(C)C)C(=O)OC. The largest absolute Gasteiger partial charge is 0.468 e. The van der Waals surface area contributed by atoms with E-state index in [1.807, 2.05) is 0 Å². The molecule has 0 aliphatic carbocycles. The minimum Gasteiger partial charge on any atom is -0.468 e. The first kappa shape index (κ1) is 16.4. The van der Waals surface area contributed by atoms with Crippen LogP contribution < -0.4 is 5.32 Å². The maximum absolute atomic E-state index is 11.7. The first-order valence-electron chi connectivity index (χ1n) is 7.65. The summed E-state index contributed by atoms with van der Waals surface area (Å²) in [7, 11) is 1.47. The van der Waals surface area contributed by atoms with Gasteiger partial charge in [0.15, 0.2) is 0 Å². The molecule has 0 saturated carbocycles. The Morgan fingerprint density at radius 2 is 2.21 bits per heavy atom. The van der Waals surface area contributed by atoms with Gasteiger partial charge in [-0.1, -0.05) is 20.8 Å². The molecule has 0 aromatic rings. The monoisotopic (exact) mass is 270 g/mol. The highest BCUT2D eigenvalue weighted by Crippen LogP contribution is 2.23. The van der Waals surface area contributed by atoms with Crippen LogP contribution in [0.4, 0.5) is 0 Å². The molecule has 1 saturated heterocycles. The van der Waals surface area contributed by atoms with Crippen LogP contribution >= 0.6 is 0 Å². The normalized spacial score (nSPS) is 21.8. The van der Waals surface area contributed by atoms with E-state index < -0.39 is 0 Å². The number of likely N-dealkylation sites (tertiary alicyclic amines) is 1. The third-order valence-electron chi connectivity index (χ3n) is 4.02. The summed E-state index contributed by atoms with van der Waals surface area (Å²) in [5.74, 6) is 0.566. The average molecular weight is 270 g/mol. The molecule has 0 spiro atoms.